The largest absolute Gasteiger partial charge is 0.369 e. The predicted octanol–water partition coefficient (Wildman–Crippen LogP) is 5.04. The topological polar surface area (TPSA) is 50.4 Å². The van der Waals surface area contributed by atoms with Gasteiger partial charge in [-0.05, 0) is 36.2 Å². The van der Waals surface area contributed by atoms with Crippen LogP contribution in [0.3, 0.4) is 0 Å². The van der Waals surface area contributed by atoms with Crippen molar-refractivity contribution in [3.8, 4) is 0 Å². The fraction of sp³-hybridized carbons (Fsp3) is 0.133. The van der Waals surface area contributed by atoms with Gasteiger partial charge in [0.15, 0.2) is 5.96 Å². The van der Waals surface area contributed by atoms with Gasteiger partial charge in [0.25, 0.3) is 0 Å². The lowest BCUT2D eigenvalue weighted by Crippen LogP contribution is -2.22. The minimum atomic E-state index is 0. The molecule has 21 heavy (non-hydrogen) atoms. The number of guanidine groups is 1. The Morgan fingerprint density at radius 3 is 2.38 bits per heavy atom. The molecular weight excluding hydrogens is 329 g/mol. The number of aliphatic imine (C=N–C) groups is 1. The van der Waals surface area contributed by atoms with Crippen LogP contribution in [0.5, 0.6) is 0 Å². The third-order valence-corrected chi connectivity index (χ3v) is 3.39. The third kappa shape index (κ3) is 4.81. The van der Waals surface area contributed by atoms with Crippen LogP contribution in [0.1, 0.15) is 12.5 Å². The van der Waals surface area contributed by atoms with E-state index in [-0.39, 0.29) is 18.4 Å². The summed E-state index contributed by atoms with van der Waals surface area (Å²) in [6, 6.07) is 13.2. The van der Waals surface area contributed by atoms with Gasteiger partial charge in [0.2, 0.25) is 0 Å². The molecule has 3 N–H and O–H groups in total. The highest BCUT2D eigenvalue weighted by Gasteiger charge is 2.05. The van der Waals surface area contributed by atoms with Crippen molar-refractivity contribution in [1.82, 2.24) is 0 Å². The van der Waals surface area contributed by atoms with Gasteiger partial charge in [-0.3, -0.25) is 0 Å². The van der Waals surface area contributed by atoms with Crippen LogP contribution >= 0.6 is 35.6 Å². The third-order valence-electron chi connectivity index (χ3n) is 2.78. The lowest BCUT2D eigenvalue weighted by Gasteiger charge is -2.08. The smallest absolute Gasteiger partial charge is 0.198 e. The van der Waals surface area contributed by atoms with Gasteiger partial charge in [-0.1, -0.05) is 48.3 Å². The number of nitrogens with one attached hydrogen (secondary N) is 1. The maximum absolute atomic E-state index is 6.05. The molecule has 0 aliphatic rings. The van der Waals surface area contributed by atoms with Gasteiger partial charge >= 0.3 is 0 Å². The summed E-state index contributed by atoms with van der Waals surface area (Å²) in [5.41, 5.74) is 8.46. The molecule has 0 aliphatic heterocycles. The summed E-state index contributed by atoms with van der Waals surface area (Å²) in [6.45, 7) is 2.10. The number of nitrogens with zero attached hydrogens (tertiary/aromatic N) is 1. The average Bonchev–Trinajstić information content (AvgIpc) is 2.43. The Hall–Kier alpha value is -1.42. The molecule has 0 radical (unpaired) electrons. The fourth-order valence-electron chi connectivity index (χ4n) is 1.76. The van der Waals surface area contributed by atoms with E-state index in [9.17, 15) is 0 Å². The number of rotatable bonds is 3. The van der Waals surface area contributed by atoms with Crippen molar-refractivity contribution >= 4 is 52.9 Å². The molecular formula is C15H16Cl3N3. The van der Waals surface area contributed by atoms with E-state index in [2.05, 4.69) is 23.3 Å². The number of hydrogen-bond donors (Lipinski definition) is 2. The summed E-state index contributed by atoms with van der Waals surface area (Å²) in [5.74, 6) is 0.244. The lowest BCUT2D eigenvalue weighted by molar-refractivity contribution is 1.14. The van der Waals surface area contributed by atoms with Gasteiger partial charge in [-0.2, -0.15) is 0 Å². The van der Waals surface area contributed by atoms with E-state index < -0.39 is 0 Å². The highest BCUT2D eigenvalue weighted by Crippen LogP contribution is 2.32. The highest BCUT2D eigenvalue weighted by molar-refractivity contribution is 6.38. The molecule has 2 aromatic rings. The second-order valence-corrected chi connectivity index (χ2v) is 5.06. The van der Waals surface area contributed by atoms with Crippen molar-refractivity contribution in [2.45, 2.75) is 13.3 Å². The summed E-state index contributed by atoms with van der Waals surface area (Å²) in [5, 5.41) is 3.96. The number of aryl methyl sites for hydroxylation is 1. The second-order valence-electron chi connectivity index (χ2n) is 4.25. The zero-order chi connectivity index (χ0) is 14.5. The van der Waals surface area contributed by atoms with Crippen molar-refractivity contribution in [1.29, 1.82) is 0 Å². The van der Waals surface area contributed by atoms with Crippen molar-refractivity contribution < 1.29 is 0 Å². The Kier molecular flexibility index (Phi) is 6.82. The van der Waals surface area contributed by atoms with Gasteiger partial charge in [0.05, 0.1) is 10.0 Å². The summed E-state index contributed by atoms with van der Waals surface area (Å²) in [7, 11) is 0. The van der Waals surface area contributed by atoms with E-state index in [1.807, 2.05) is 18.2 Å². The first-order chi connectivity index (χ1) is 9.60. The van der Waals surface area contributed by atoms with Crippen LogP contribution in [0, 0.1) is 0 Å². The summed E-state index contributed by atoms with van der Waals surface area (Å²) < 4.78 is 0. The Bertz CT molecular complexity index is 622. The van der Waals surface area contributed by atoms with E-state index in [1.54, 1.807) is 18.2 Å². The first kappa shape index (κ1) is 17.6. The van der Waals surface area contributed by atoms with Crippen LogP contribution < -0.4 is 11.1 Å². The highest BCUT2D eigenvalue weighted by atomic mass is 35.5. The molecule has 3 nitrogen and oxygen atoms in total. The van der Waals surface area contributed by atoms with E-state index in [4.69, 9.17) is 28.9 Å². The molecule has 0 fully saturated rings. The molecule has 0 aliphatic carbocycles. The molecule has 0 aromatic heterocycles. The molecule has 0 atom stereocenters. The molecule has 2 rings (SSSR count). The van der Waals surface area contributed by atoms with Gasteiger partial charge in [0.1, 0.15) is 5.69 Å². The SMILES string of the molecule is CCc1cccc(NC(N)=Nc2c(Cl)cccc2Cl)c1.Cl. The van der Waals surface area contributed by atoms with Crippen molar-refractivity contribution in [2.24, 2.45) is 10.7 Å². The molecule has 0 heterocycles. The maximum Gasteiger partial charge on any atom is 0.198 e. The number of hydrogen-bond acceptors (Lipinski definition) is 1. The Morgan fingerprint density at radius 1 is 1.14 bits per heavy atom. The van der Waals surface area contributed by atoms with Crippen molar-refractivity contribution in [3.63, 3.8) is 0 Å². The van der Waals surface area contributed by atoms with Crippen molar-refractivity contribution in [2.75, 3.05) is 5.32 Å². The predicted molar refractivity (Wildman–Crippen MR) is 94.4 cm³/mol. The normalized spacial score (nSPS) is 10.9. The number of benzene rings is 2. The van der Waals surface area contributed by atoms with E-state index in [1.165, 1.54) is 5.56 Å². The zero-order valence-electron chi connectivity index (χ0n) is 11.4. The molecule has 0 saturated heterocycles. The molecule has 0 bridgehead atoms. The van der Waals surface area contributed by atoms with Gasteiger partial charge in [0, 0.05) is 5.69 Å². The van der Waals surface area contributed by atoms with Gasteiger partial charge in [-0.25, -0.2) is 4.99 Å². The van der Waals surface area contributed by atoms with Crippen molar-refractivity contribution in [3.05, 3.63) is 58.1 Å². The zero-order valence-corrected chi connectivity index (χ0v) is 13.8. The van der Waals surface area contributed by atoms with Gasteiger partial charge in [-0.15, -0.1) is 12.4 Å². The molecule has 0 unspecified atom stereocenters. The summed E-state index contributed by atoms with van der Waals surface area (Å²) in [4.78, 5) is 4.23. The van der Waals surface area contributed by atoms with Crippen LogP contribution in [-0.4, -0.2) is 5.96 Å². The standard InChI is InChI=1S/C15H15Cl2N3.ClH/c1-2-10-5-3-6-11(9-10)19-15(18)20-14-12(16)7-4-8-13(14)17;/h3-9H,2H2,1H3,(H3,18,19,20);1H. The average molecular weight is 345 g/mol. The van der Waals surface area contributed by atoms with Crippen LogP contribution in [0.25, 0.3) is 0 Å². The second kappa shape index (κ2) is 8.13. The summed E-state index contributed by atoms with van der Waals surface area (Å²) >= 11 is 12.1. The quantitative estimate of drug-likeness (QED) is 0.605. The Balaban J connectivity index is 0.00000220. The van der Waals surface area contributed by atoms with Crippen LogP contribution in [0.2, 0.25) is 10.0 Å². The monoisotopic (exact) mass is 343 g/mol. The number of nitrogens with two attached hydrogens (primary N) is 1. The first-order valence-electron chi connectivity index (χ1n) is 6.24. The van der Waals surface area contributed by atoms with Gasteiger partial charge < -0.3 is 11.1 Å². The fourth-order valence-corrected chi connectivity index (χ4v) is 2.24. The van der Waals surface area contributed by atoms with E-state index in [0.717, 1.165) is 12.1 Å². The molecule has 0 amide bonds. The maximum atomic E-state index is 6.05. The van der Waals surface area contributed by atoms with E-state index in [0.29, 0.717) is 15.7 Å². The van der Waals surface area contributed by atoms with Crippen LogP contribution in [-0.2, 0) is 6.42 Å². The molecule has 0 saturated carbocycles. The number of halogens is 3. The summed E-state index contributed by atoms with van der Waals surface area (Å²) in [6.07, 6.45) is 0.961. The molecule has 112 valence electrons. The lowest BCUT2D eigenvalue weighted by atomic mass is 10.1. The first-order valence-corrected chi connectivity index (χ1v) is 7.00. The minimum absolute atomic E-state index is 0. The molecule has 2 aromatic carbocycles. The van der Waals surface area contributed by atoms with Crippen LogP contribution in [0.4, 0.5) is 11.4 Å². The Morgan fingerprint density at radius 2 is 1.76 bits per heavy atom. The van der Waals surface area contributed by atoms with E-state index >= 15 is 0 Å². The molecule has 6 heteroatoms. The Labute approximate surface area is 140 Å². The minimum Gasteiger partial charge on any atom is -0.369 e. The van der Waals surface area contributed by atoms with Crippen LogP contribution in [0.15, 0.2) is 47.5 Å². The number of anilines is 1. The number of para-hydroxylation sites is 1. The molecule has 0 spiro atoms.